The Bertz CT molecular complexity index is 383. The number of nitrogens with zero attached hydrogens (tertiary/aromatic N) is 1. The zero-order chi connectivity index (χ0) is 11.5. The number of rotatable bonds is 3. The summed E-state index contributed by atoms with van der Waals surface area (Å²) >= 11 is 0. The molecular weight excluding hydrogens is 200 g/mol. The maximum absolute atomic E-state index is 11.7. The fraction of sp³-hybridized carbons (Fsp3) is 0.769. The summed E-state index contributed by atoms with van der Waals surface area (Å²) in [6, 6.07) is 0. The molecular formula is C13H22N2O. The van der Waals surface area contributed by atoms with Crippen molar-refractivity contribution in [3.8, 4) is 0 Å². The fourth-order valence-corrected chi connectivity index (χ4v) is 2.60. The van der Waals surface area contributed by atoms with Crippen LogP contribution in [0, 0.1) is 5.92 Å². The lowest BCUT2D eigenvalue weighted by Gasteiger charge is -2.19. The zero-order valence-electron chi connectivity index (χ0n) is 10.3. The molecule has 0 aromatic carbocycles. The molecule has 1 saturated carbocycles. The summed E-state index contributed by atoms with van der Waals surface area (Å²) in [6.07, 6.45) is 8.49. The number of aromatic nitrogens is 2. The SMILES string of the molecule is CC(C)Cn1cc(C2CCCCC2)[nH]c1=O. The van der Waals surface area contributed by atoms with Crippen LogP contribution in [0.25, 0.3) is 0 Å². The van der Waals surface area contributed by atoms with Crippen LogP contribution >= 0.6 is 0 Å². The monoisotopic (exact) mass is 222 g/mol. The van der Waals surface area contributed by atoms with E-state index in [1.165, 1.54) is 32.1 Å². The predicted molar refractivity (Wildman–Crippen MR) is 65.7 cm³/mol. The van der Waals surface area contributed by atoms with Crippen LogP contribution in [0.1, 0.15) is 57.6 Å². The average Bonchev–Trinajstić information content (AvgIpc) is 2.61. The number of aromatic amines is 1. The molecule has 1 heterocycles. The molecule has 0 amide bonds. The van der Waals surface area contributed by atoms with E-state index < -0.39 is 0 Å². The second kappa shape index (κ2) is 4.89. The summed E-state index contributed by atoms with van der Waals surface area (Å²) in [7, 11) is 0. The van der Waals surface area contributed by atoms with E-state index in [2.05, 4.69) is 18.8 Å². The number of nitrogens with one attached hydrogen (secondary N) is 1. The van der Waals surface area contributed by atoms with Gasteiger partial charge in [-0.25, -0.2) is 4.79 Å². The summed E-state index contributed by atoms with van der Waals surface area (Å²) in [4.78, 5) is 14.8. The first-order chi connectivity index (χ1) is 7.66. The van der Waals surface area contributed by atoms with Gasteiger partial charge in [-0.1, -0.05) is 33.1 Å². The molecule has 1 fully saturated rings. The van der Waals surface area contributed by atoms with Gasteiger partial charge in [0.2, 0.25) is 0 Å². The minimum absolute atomic E-state index is 0.0641. The van der Waals surface area contributed by atoms with Gasteiger partial charge in [0.1, 0.15) is 0 Å². The van der Waals surface area contributed by atoms with Crippen molar-refractivity contribution in [1.29, 1.82) is 0 Å². The first-order valence-electron chi connectivity index (χ1n) is 6.46. The van der Waals surface area contributed by atoms with E-state index in [-0.39, 0.29) is 5.69 Å². The van der Waals surface area contributed by atoms with Crippen molar-refractivity contribution >= 4 is 0 Å². The van der Waals surface area contributed by atoms with E-state index in [4.69, 9.17) is 0 Å². The standard InChI is InChI=1S/C13H22N2O/c1-10(2)8-15-9-12(14-13(15)16)11-6-4-3-5-7-11/h9-11H,3-8H2,1-2H3,(H,14,16). The first-order valence-corrected chi connectivity index (χ1v) is 6.46. The lowest BCUT2D eigenvalue weighted by molar-refractivity contribution is 0.437. The van der Waals surface area contributed by atoms with Gasteiger partial charge >= 0.3 is 5.69 Å². The fourth-order valence-electron chi connectivity index (χ4n) is 2.60. The van der Waals surface area contributed by atoms with Gasteiger partial charge in [-0.3, -0.25) is 4.57 Å². The minimum Gasteiger partial charge on any atom is -0.310 e. The summed E-state index contributed by atoms with van der Waals surface area (Å²) in [6.45, 7) is 5.10. The molecule has 1 aromatic rings. The first kappa shape index (κ1) is 11.5. The van der Waals surface area contributed by atoms with E-state index in [1.54, 1.807) is 0 Å². The lowest BCUT2D eigenvalue weighted by atomic mass is 9.87. The normalized spacial score (nSPS) is 18.2. The Morgan fingerprint density at radius 2 is 2.06 bits per heavy atom. The van der Waals surface area contributed by atoms with Crippen LogP contribution in [0.4, 0.5) is 0 Å². The average molecular weight is 222 g/mol. The van der Waals surface area contributed by atoms with E-state index >= 15 is 0 Å². The lowest BCUT2D eigenvalue weighted by Crippen LogP contribution is -2.18. The second-order valence-corrected chi connectivity index (χ2v) is 5.40. The quantitative estimate of drug-likeness (QED) is 0.839. The van der Waals surface area contributed by atoms with E-state index in [9.17, 15) is 4.79 Å². The Hall–Kier alpha value is -0.990. The van der Waals surface area contributed by atoms with Crippen molar-refractivity contribution in [2.45, 2.75) is 58.4 Å². The molecule has 90 valence electrons. The third-order valence-electron chi connectivity index (χ3n) is 3.41. The van der Waals surface area contributed by atoms with Crippen LogP contribution in [0.3, 0.4) is 0 Å². The van der Waals surface area contributed by atoms with Crippen LogP contribution in [-0.2, 0) is 6.54 Å². The maximum Gasteiger partial charge on any atom is 0.325 e. The Morgan fingerprint density at radius 1 is 1.38 bits per heavy atom. The largest absolute Gasteiger partial charge is 0.325 e. The minimum atomic E-state index is 0.0641. The Labute approximate surface area is 96.9 Å². The molecule has 1 aliphatic carbocycles. The Morgan fingerprint density at radius 3 is 2.69 bits per heavy atom. The third-order valence-corrected chi connectivity index (χ3v) is 3.41. The number of hydrogen-bond acceptors (Lipinski definition) is 1. The number of H-pyrrole nitrogens is 1. The van der Waals surface area contributed by atoms with Gasteiger partial charge in [-0.2, -0.15) is 0 Å². The zero-order valence-corrected chi connectivity index (χ0v) is 10.3. The molecule has 1 aliphatic rings. The van der Waals surface area contributed by atoms with Crippen LogP contribution in [0.15, 0.2) is 11.0 Å². The van der Waals surface area contributed by atoms with Crippen LogP contribution in [-0.4, -0.2) is 9.55 Å². The Balaban J connectivity index is 2.13. The Kier molecular flexibility index (Phi) is 3.52. The van der Waals surface area contributed by atoms with Crippen LogP contribution in [0.5, 0.6) is 0 Å². The van der Waals surface area contributed by atoms with Crippen LogP contribution < -0.4 is 5.69 Å². The molecule has 3 heteroatoms. The summed E-state index contributed by atoms with van der Waals surface area (Å²) in [5.74, 6) is 1.11. The van der Waals surface area contributed by atoms with Gasteiger partial charge in [0.25, 0.3) is 0 Å². The van der Waals surface area contributed by atoms with Gasteiger partial charge in [-0.15, -0.1) is 0 Å². The summed E-state index contributed by atoms with van der Waals surface area (Å²) in [5, 5.41) is 0. The molecule has 1 aromatic heterocycles. The van der Waals surface area contributed by atoms with Crippen LogP contribution in [0.2, 0.25) is 0 Å². The van der Waals surface area contributed by atoms with Gasteiger partial charge in [0.05, 0.1) is 0 Å². The highest BCUT2D eigenvalue weighted by Crippen LogP contribution is 2.30. The molecule has 16 heavy (non-hydrogen) atoms. The number of imidazole rings is 1. The van der Waals surface area contributed by atoms with E-state index in [0.717, 1.165) is 12.2 Å². The smallest absolute Gasteiger partial charge is 0.310 e. The highest BCUT2D eigenvalue weighted by Gasteiger charge is 2.18. The van der Waals surface area contributed by atoms with Crippen molar-refractivity contribution in [1.82, 2.24) is 9.55 Å². The van der Waals surface area contributed by atoms with Gasteiger partial charge in [0, 0.05) is 24.4 Å². The molecule has 0 radical (unpaired) electrons. The molecule has 2 rings (SSSR count). The second-order valence-electron chi connectivity index (χ2n) is 5.40. The molecule has 0 unspecified atom stereocenters. The van der Waals surface area contributed by atoms with Crippen molar-refractivity contribution < 1.29 is 0 Å². The molecule has 1 N–H and O–H groups in total. The van der Waals surface area contributed by atoms with E-state index in [0.29, 0.717) is 11.8 Å². The molecule has 0 saturated heterocycles. The highest BCUT2D eigenvalue weighted by atomic mass is 16.1. The van der Waals surface area contributed by atoms with E-state index in [1.807, 2.05) is 10.8 Å². The molecule has 0 bridgehead atoms. The van der Waals surface area contributed by atoms with Gasteiger partial charge in [0.15, 0.2) is 0 Å². The molecule has 0 aliphatic heterocycles. The molecule has 0 atom stereocenters. The highest BCUT2D eigenvalue weighted by molar-refractivity contribution is 5.06. The third kappa shape index (κ3) is 2.57. The molecule has 0 spiro atoms. The predicted octanol–water partition coefficient (Wildman–Crippen LogP) is 2.88. The van der Waals surface area contributed by atoms with Crippen molar-refractivity contribution in [3.63, 3.8) is 0 Å². The molecule has 3 nitrogen and oxygen atoms in total. The topological polar surface area (TPSA) is 37.8 Å². The van der Waals surface area contributed by atoms with Crippen molar-refractivity contribution in [2.24, 2.45) is 5.92 Å². The maximum atomic E-state index is 11.7. The van der Waals surface area contributed by atoms with Gasteiger partial charge < -0.3 is 4.98 Å². The van der Waals surface area contributed by atoms with Crippen molar-refractivity contribution in [3.05, 3.63) is 22.4 Å². The van der Waals surface area contributed by atoms with Gasteiger partial charge in [-0.05, 0) is 18.8 Å². The van der Waals surface area contributed by atoms with Crippen molar-refractivity contribution in [2.75, 3.05) is 0 Å². The summed E-state index contributed by atoms with van der Waals surface area (Å²) in [5.41, 5.74) is 1.22. The number of hydrogen-bond donors (Lipinski definition) is 1. The summed E-state index contributed by atoms with van der Waals surface area (Å²) < 4.78 is 1.83.